The molecular formula is C21H47N3. The third-order valence-electron chi connectivity index (χ3n) is 4.99. The predicted octanol–water partition coefficient (Wildman–Crippen LogP) is 4.76. The lowest BCUT2D eigenvalue weighted by Crippen LogP contribution is -2.34. The Balaban J connectivity index is 4.15. The molecule has 0 aromatic carbocycles. The molecule has 3 nitrogen and oxygen atoms in total. The van der Waals surface area contributed by atoms with Crippen LogP contribution in [0.15, 0.2) is 0 Å². The van der Waals surface area contributed by atoms with Gasteiger partial charge in [0.1, 0.15) is 0 Å². The zero-order valence-corrected chi connectivity index (χ0v) is 17.4. The Hall–Kier alpha value is -0.120. The molecule has 0 rings (SSSR count). The summed E-state index contributed by atoms with van der Waals surface area (Å²) in [6, 6.07) is 0. The Morgan fingerprint density at radius 1 is 0.667 bits per heavy atom. The average Bonchev–Trinajstić information content (AvgIpc) is 2.55. The topological polar surface area (TPSA) is 32.5 Å². The number of hydrogen-bond acceptors (Lipinski definition) is 3. The molecule has 0 atom stereocenters. The molecule has 3 heteroatoms. The normalized spacial score (nSPS) is 12.0. The molecule has 0 saturated heterocycles. The molecule has 0 bridgehead atoms. The van der Waals surface area contributed by atoms with Crippen molar-refractivity contribution in [1.29, 1.82) is 0 Å². The first-order valence-electron chi connectivity index (χ1n) is 10.7. The van der Waals surface area contributed by atoms with E-state index in [9.17, 15) is 0 Å². The number of unbranched alkanes of at least 4 members (excludes halogenated alkanes) is 7. The van der Waals surface area contributed by atoms with Gasteiger partial charge in [-0.05, 0) is 65.3 Å². The quantitative estimate of drug-likeness (QED) is 0.365. The van der Waals surface area contributed by atoms with Crippen molar-refractivity contribution in [2.24, 2.45) is 11.7 Å². The van der Waals surface area contributed by atoms with Gasteiger partial charge in [-0.1, -0.05) is 58.8 Å². The maximum absolute atomic E-state index is 5.60. The Bertz CT molecular complexity index is 227. The molecule has 0 saturated carbocycles. The van der Waals surface area contributed by atoms with Crippen molar-refractivity contribution in [3.63, 3.8) is 0 Å². The molecule has 146 valence electrons. The van der Waals surface area contributed by atoms with Crippen molar-refractivity contribution in [3.05, 3.63) is 0 Å². The molecule has 0 unspecified atom stereocenters. The molecule has 0 heterocycles. The summed E-state index contributed by atoms with van der Waals surface area (Å²) in [5, 5.41) is 0. The van der Waals surface area contributed by atoms with Gasteiger partial charge >= 0.3 is 0 Å². The summed E-state index contributed by atoms with van der Waals surface area (Å²) in [7, 11) is 4.63. The summed E-state index contributed by atoms with van der Waals surface area (Å²) in [6.45, 7) is 10.5. The van der Waals surface area contributed by atoms with Gasteiger partial charge < -0.3 is 15.5 Å². The second-order valence-electron chi connectivity index (χ2n) is 7.80. The minimum Gasteiger partial charge on any atom is -0.330 e. The summed E-state index contributed by atoms with van der Waals surface area (Å²) < 4.78 is 0. The van der Waals surface area contributed by atoms with E-state index in [2.05, 4.69) is 37.7 Å². The van der Waals surface area contributed by atoms with E-state index in [-0.39, 0.29) is 0 Å². The van der Waals surface area contributed by atoms with Crippen molar-refractivity contribution in [2.45, 2.75) is 84.5 Å². The zero-order valence-electron chi connectivity index (χ0n) is 17.4. The first-order valence-corrected chi connectivity index (χ1v) is 10.7. The van der Waals surface area contributed by atoms with Crippen molar-refractivity contribution in [1.82, 2.24) is 9.80 Å². The molecule has 2 N–H and O–H groups in total. The van der Waals surface area contributed by atoms with Crippen LogP contribution >= 0.6 is 0 Å². The average molecular weight is 342 g/mol. The van der Waals surface area contributed by atoms with E-state index in [1.165, 1.54) is 96.8 Å². The van der Waals surface area contributed by atoms with Crippen LogP contribution in [0.5, 0.6) is 0 Å². The van der Waals surface area contributed by atoms with E-state index in [1.54, 1.807) is 0 Å². The van der Waals surface area contributed by atoms with Crippen LogP contribution in [0.25, 0.3) is 0 Å². The third kappa shape index (κ3) is 15.4. The highest BCUT2D eigenvalue weighted by Gasteiger charge is 2.14. The van der Waals surface area contributed by atoms with Gasteiger partial charge in [0.2, 0.25) is 0 Å². The first-order chi connectivity index (χ1) is 11.6. The number of nitrogens with zero attached hydrogens (tertiary/aromatic N) is 2. The highest BCUT2D eigenvalue weighted by molar-refractivity contribution is 4.69. The van der Waals surface area contributed by atoms with Crippen LogP contribution < -0.4 is 5.73 Å². The van der Waals surface area contributed by atoms with Gasteiger partial charge in [-0.3, -0.25) is 0 Å². The van der Waals surface area contributed by atoms with Gasteiger partial charge in [0.15, 0.2) is 0 Å². The first kappa shape index (κ1) is 23.9. The largest absolute Gasteiger partial charge is 0.330 e. The lowest BCUT2D eigenvalue weighted by molar-refractivity contribution is 0.200. The summed E-state index contributed by atoms with van der Waals surface area (Å²) in [5.74, 6) is 0.820. The lowest BCUT2D eigenvalue weighted by Gasteiger charge is -2.28. The second kappa shape index (κ2) is 17.7. The van der Waals surface area contributed by atoms with Gasteiger partial charge in [-0.25, -0.2) is 0 Å². The van der Waals surface area contributed by atoms with Gasteiger partial charge in [0, 0.05) is 13.1 Å². The van der Waals surface area contributed by atoms with Gasteiger partial charge in [0.25, 0.3) is 0 Å². The Morgan fingerprint density at radius 2 is 1.17 bits per heavy atom. The Kier molecular flexibility index (Phi) is 17.6. The van der Waals surface area contributed by atoms with Crippen LogP contribution in [0.1, 0.15) is 84.5 Å². The summed E-state index contributed by atoms with van der Waals surface area (Å²) in [6.07, 6.45) is 14.7. The van der Waals surface area contributed by atoms with Gasteiger partial charge in [0.05, 0.1) is 0 Å². The second-order valence-corrected chi connectivity index (χ2v) is 7.80. The Morgan fingerprint density at radius 3 is 1.62 bits per heavy atom. The van der Waals surface area contributed by atoms with Crippen LogP contribution in [0.2, 0.25) is 0 Å². The van der Waals surface area contributed by atoms with E-state index in [4.69, 9.17) is 5.73 Å². The monoisotopic (exact) mass is 341 g/mol. The fourth-order valence-electron chi connectivity index (χ4n) is 3.50. The molecule has 0 amide bonds. The minimum absolute atomic E-state index is 0.820. The fraction of sp³-hybridized carbons (Fsp3) is 1.00. The number of nitrogens with two attached hydrogens (primary N) is 1. The van der Waals surface area contributed by atoms with E-state index in [0.29, 0.717) is 0 Å². The summed E-state index contributed by atoms with van der Waals surface area (Å²) in [5.41, 5.74) is 5.60. The SMILES string of the molecule is CCCCCN(C)CC(CCCCCCN)CN(C)CCCCC. The van der Waals surface area contributed by atoms with Gasteiger partial charge in [-0.15, -0.1) is 0 Å². The van der Waals surface area contributed by atoms with Crippen LogP contribution in [0, 0.1) is 5.92 Å². The smallest absolute Gasteiger partial charge is 0.00188 e. The summed E-state index contributed by atoms with van der Waals surface area (Å²) in [4.78, 5) is 5.14. The van der Waals surface area contributed by atoms with Gasteiger partial charge in [-0.2, -0.15) is 0 Å². The molecule has 0 aliphatic rings. The third-order valence-corrected chi connectivity index (χ3v) is 4.99. The fourth-order valence-corrected chi connectivity index (χ4v) is 3.50. The minimum atomic E-state index is 0.820. The molecule has 0 spiro atoms. The number of hydrogen-bond donors (Lipinski definition) is 1. The molecule has 24 heavy (non-hydrogen) atoms. The highest BCUT2D eigenvalue weighted by Crippen LogP contribution is 2.14. The van der Waals surface area contributed by atoms with Crippen LogP contribution in [-0.4, -0.2) is 56.6 Å². The molecule has 0 aliphatic carbocycles. The van der Waals surface area contributed by atoms with E-state index in [0.717, 1.165) is 12.5 Å². The molecule has 0 fully saturated rings. The summed E-state index contributed by atoms with van der Waals surface area (Å²) >= 11 is 0. The van der Waals surface area contributed by atoms with E-state index < -0.39 is 0 Å². The molecule has 0 aromatic heterocycles. The van der Waals surface area contributed by atoms with Crippen molar-refractivity contribution in [2.75, 3.05) is 46.8 Å². The standard InChI is InChI=1S/C21H47N3/c1-5-7-13-17-23(3)19-21(15-11-9-10-12-16-22)20-24(4)18-14-8-6-2/h21H,5-20,22H2,1-4H3. The van der Waals surface area contributed by atoms with E-state index in [1.807, 2.05) is 0 Å². The van der Waals surface area contributed by atoms with Crippen molar-refractivity contribution in [3.8, 4) is 0 Å². The van der Waals surface area contributed by atoms with Crippen LogP contribution in [-0.2, 0) is 0 Å². The predicted molar refractivity (Wildman–Crippen MR) is 110 cm³/mol. The van der Waals surface area contributed by atoms with Crippen molar-refractivity contribution >= 4 is 0 Å². The number of rotatable bonds is 18. The molecule has 0 aromatic rings. The van der Waals surface area contributed by atoms with Crippen LogP contribution in [0.4, 0.5) is 0 Å². The maximum atomic E-state index is 5.60. The Labute approximate surface area is 153 Å². The van der Waals surface area contributed by atoms with Crippen molar-refractivity contribution < 1.29 is 0 Å². The van der Waals surface area contributed by atoms with E-state index >= 15 is 0 Å². The molecule has 0 radical (unpaired) electrons. The van der Waals surface area contributed by atoms with Crippen LogP contribution in [0.3, 0.4) is 0 Å². The molecular weight excluding hydrogens is 294 g/mol. The molecule has 0 aliphatic heterocycles. The zero-order chi connectivity index (χ0) is 18.0. The maximum Gasteiger partial charge on any atom is 0.00188 e. The lowest BCUT2D eigenvalue weighted by atomic mass is 9.99. The highest BCUT2D eigenvalue weighted by atomic mass is 15.1.